The summed E-state index contributed by atoms with van der Waals surface area (Å²) in [6.07, 6.45) is 0.916. The van der Waals surface area contributed by atoms with Crippen molar-refractivity contribution in [2.75, 3.05) is 15.9 Å². The standard InChI is InChI=1S/C18H16ClN5O5S2/c1-11(23(31(2,28)29)14-4-3-5-15(10-14)24(26)27)16(25)20-18-22-21-17(30-18)12-6-8-13(19)9-7-12/h3-11H,1-2H3,(H,20,22,25)/t11-/m0/s1. The van der Waals surface area contributed by atoms with E-state index in [1.54, 1.807) is 24.3 Å². The first-order valence-electron chi connectivity index (χ1n) is 8.70. The molecular formula is C18H16ClN5O5S2. The molecule has 0 fully saturated rings. The first kappa shape index (κ1) is 22.6. The summed E-state index contributed by atoms with van der Waals surface area (Å²) in [6.45, 7) is 1.37. The fourth-order valence-electron chi connectivity index (χ4n) is 2.75. The molecule has 0 aliphatic rings. The number of rotatable bonds is 7. The highest BCUT2D eigenvalue weighted by atomic mass is 35.5. The lowest BCUT2D eigenvalue weighted by Crippen LogP contribution is -2.45. The van der Waals surface area contributed by atoms with E-state index in [1.165, 1.54) is 25.1 Å². The maximum atomic E-state index is 12.8. The van der Waals surface area contributed by atoms with Crippen molar-refractivity contribution in [2.24, 2.45) is 0 Å². The highest BCUT2D eigenvalue weighted by Crippen LogP contribution is 2.29. The van der Waals surface area contributed by atoms with Gasteiger partial charge in [-0.05, 0) is 25.1 Å². The molecule has 162 valence electrons. The van der Waals surface area contributed by atoms with Crippen LogP contribution in [0.2, 0.25) is 5.02 Å². The normalized spacial score (nSPS) is 12.2. The van der Waals surface area contributed by atoms with Gasteiger partial charge in [-0.1, -0.05) is 41.1 Å². The fourth-order valence-corrected chi connectivity index (χ4v) is 4.79. The highest BCUT2D eigenvalue weighted by molar-refractivity contribution is 7.92. The molecule has 1 N–H and O–H groups in total. The van der Waals surface area contributed by atoms with E-state index in [0.717, 1.165) is 33.5 Å². The number of hydrogen-bond donors (Lipinski definition) is 1. The van der Waals surface area contributed by atoms with E-state index < -0.39 is 26.9 Å². The zero-order chi connectivity index (χ0) is 22.8. The Kier molecular flexibility index (Phi) is 6.53. The second kappa shape index (κ2) is 8.96. The van der Waals surface area contributed by atoms with Crippen LogP contribution in [0.25, 0.3) is 10.6 Å². The van der Waals surface area contributed by atoms with Crippen molar-refractivity contribution in [3.63, 3.8) is 0 Å². The van der Waals surface area contributed by atoms with E-state index in [-0.39, 0.29) is 16.5 Å². The SMILES string of the molecule is C[C@@H](C(=O)Nc1nnc(-c2ccc(Cl)cc2)s1)N(c1cccc([N+](=O)[O-])c1)S(C)(=O)=O. The van der Waals surface area contributed by atoms with Crippen LogP contribution >= 0.6 is 22.9 Å². The Bertz CT molecular complexity index is 1230. The quantitative estimate of drug-likeness (QED) is 0.402. The minimum atomic E-state index is -3.93. The Labute approximate surface area is 186 Å². The Morgan fingerprint density at radius 2 is 1.90 bits per heavy atom. The summed E-state index contributed by atoms with van der Waals surface area (Å²) in [5, 5.41) is 22.8. The number of halogens is 1. The topological polar surface area (TPSA) is 135 Å². The average Bonchev–Trinajstić information content (AvgIpc) is 3.16. The van der Waals surface area contributed by atoms with Crippen molar-refractivity contribution in [3.8, 4) is 10.6 Å². The van der Waals surface area contributed by atoms with Gasteiger partial charge in [0.15, 0.2) is 0 Å². The lowest BCUT2D eigenvalue weighted by Gasteiger charge is -2.27. The monoisotopic (exact) mass is 481 g/mol. The van der Waals surface area contributed by atoms with Gasteiger partial charge in [-0.3, -0.25) is 24.5 Å². The van der Waals surface area contributed by atoms with Gasteiger partial charge in [0, 0.05) is 22.7 Å². The first-order valence-corrected chi connectivity index (χ1v) is 11.7. The molecule has 0 unspecified atom stereocenters. The highest BCUT2D eigenvalue weighted by Gasteiger charge is 2.30. The molecule has 2 aromatic carbocycles. The molecule has 0 aliphatic carbocycles. The molecule has 0 aliphatic heterocycles. The molecule has 1 heterocycles. The third kappa shape index (κ3) is 5.34. The van der Waals surface area contributed by atoms with Crippen molar-refractivity contribution in [3.05, 3.63) is 63.7 Å². The predicted octanol–water partition coefficient (Wildman–Crippen LogP) is 3.56. The van der Waals surface area contributed by atoms with E-state index in [4.69, 9.17) is 11.6 Å². The fraction of sp³-hybridized carbons (Fsp3) is 0.167. The smallest absolute Gasteiger partial charge is 0.271 e. The van der Waals surface area contributed by atoms with Gasteiger partial charge in [-0.2, -0.15) is 0 Å². The molecule has 1 atom stereocenters. The summed E-state index contributed by atoms with van der Waals surface area (Å²) in [5.74, 6) is -0.671. The Morgan fingerprint density at radius 3 is 2.52 bits per heavy atom. The molecule has 0 saturated carbocycles. The molecule has 0 spiro atoms. The van der Waals surface area contributed by atoms with Gasteiger partial charge >= 0.3 is 0 Å². The van der Waals surface area contributed by atoms with Crippen molar-refractivity contribution in [1.29, 1.82) is 0 Å². The average molecular weight is 482 g/mol. The minimum Gasteiger partial charge on any atom is -0.299 e. The summed E-state index contributed by atoms with van der Waals surface area (Å²) in [5.41, 5.74) is 0.457. The number of carbonyl (C=O) groups is 1. The van der Waals surface area contributed by atoms with Crippen LogP contribution < -0.4 is 9.62 Å². The molecule has 31 heavy (non-hydrogen) atoms. The number of nitro benzene ring substituents is 1. The molecule has 0 radical (unpaired) electrons. The molecule has 1 aromatic heterocycles. The summed E-state index contributed by atoms with van der Waals surface area (Å²) in [7, 11) is -3.93. The van der Waals surface area contributed by atoms with Crippen LogP contribution in [0.3, 0.4) is 0 Å². The lowest BCUT2D eigenvalue weighted by atomic mass is 10.2. The Balaban J connectivity index is 1.83. The van der Waals surface area contributed by atoms with Crippen LogP contribution in [-0.2, 0) is 14.8 Å². The number of nitrogens with one attached hydrogen (secondary N) is 1. The number of amides is 1. The molecule has 13 heteroatoms. The number of nitrogens with zero attached hydrogens (tertiary/aromatic N) is 4. The molecule has 3 rings (SSSR count). The minimum absolute atomic E-state index is 0.00142. The maximum absolute atomic E-state index is 12.8. The van der Waals surface area contributed by atoms with Crippen LogP contribution in [-0.4, -0.2) is 41.7 Å². The van der Waals surface area contributed by atoms with Crippen LogP contribution in [0.4, 0.5) is 16.5 Å². The second-order valence-electron chi connectivity index (χ2n) is 6.42. The van der Waals surface area contributed by atoms with E-state index in [1.807, 2.05) is 0 Å². The summed E-state index contributed by atoms with van der Waals surface area (Å²) >= 11 is 6.98. The van der Waals surface area contributed by atoms with Gasteiger partial charge < -0.3 is 0 Å². The van der Waals surface area contributed by atoms with E-state index in [2.05, 4.69) is 15.5 Å². The second-order valence-corrected chi connectivity index (χ2v) is 9.69. The number of non-ortho nitro benzene ring substituents is 1. The number of aromatic nitrogens is 2. The van der Waals surface area contributed by atoms with Crippen molar-refractivity contribution < 1.29 is 18.1 Å². The molecule has 0 bridgehead atoms. The van der Waals surface area contributed by atoms with E-state index in [9.17, 15) is 23.3 Å². The van der Waals surface area contributed by atoms with Gasteiger partial charge in [0.2, 0.25) is 21.1 Å². The zero-order valence-corrected chi connectivity index (χ0v) is 18.6. The van der Waals surface area contributed by atoms with E-state index in [0.29, 0.717) is 10.0 Å². The largest absolute Gasteiger partial charge is 0.299 e. The Hall–Kier alpha value is -3.09. The van der Waals surface area contributed by atoms with Crippen molar-refractivity contribution in [2.45, 2.75) is 13.0 Å². The van der Waals surface area contributed by atoms with Gasteiger partial charge in [-0.15, -0.1) is 10.2 Å². The first-order chi connectivity index (χ1) is 14.6. The molecule has 10 nitrogen and oxygen atoms in total. The zero-order valence-electron chi connectivity index (χ0n) is 16.2. The lowest BCUT2D eigenvalue weighted by molar-refractivity contribution is -0.384. The molecule has 0 saturated heterocycles. The maximum Gasteiger partial charge on any atom is 0.271 e. The number of sulfonamides is 1. The van der Waals surface area contributed by atoms with Crippen molar-refractivity contribution in [1.82, 2.24) is 10.2 Å². The van der Waals surface area contributed by atoms with Crippen molar-refractivity contribution >= 4 is 55.4 Å². The van der Waals surface area contributed by atoms with Gasteiger partial charge in [0.05, 0.1) is 16.9 Å². The van der Waals surface area contributed by atoms with Gasteiger partial charge in [0.1, 0.15) is 11.0 Å². The third-order valence-corrected chi connectivity index (χ3v) is 6.51. The van der Waals surface area contributed by atoms with Gasteiger partial charge in [0.25, 0.3) is 5.69 Å². The molecule has 3 aromatic rings. The summed E-state index contributed by atoms with van der Waals surface area (Å²) < 4.78 is 25.6. The van der Waals surface area contributed by atoms with Gasteiger partial charge in [-0.25, -0.2) is 8.42 Å². The summed E-state index contributed by atoms with van der Waals surface area (Å²) in [6, 6.07) is 10.7. The Morgan fingerprint density at radius 1 is 1.23 bits per heavy atom. The number of hydrogen-bond acceptors (Lipinski definition) is 8. The van der Waals surface area contributed by atoms with Crippen LogP contribution in [0.1, 0.15) is 6.92 Å². The van der Waals surface area contributed by atoms with Crippen LogP contribution in [0.15, 0.2) is 48.5 Å². The molecule has 1 amide bonds. The molecular weight excluding hydrogens is 466 g/mol. The summed E-state index contributed by atoms with van der Waals surface area (Å²) in [4.78, 5) is 23.2. The van der Waals surface area contributed by atoms with E-state index >= 15 is 0 Å². The number of carbonyl (C=O) groups excluding carboxylic acids is 1. The third-order valence-electron chi connectivity index (χ3n) is 4.13. The van der Waals surface area contributed by atoms with Crippen LogP contribution in [0.5, 0.6) is 0 Å². The van der Waals surface area contributed by atoms with Crippen LogP contribution in [0, 0.1) is 10.1 Å². The predicted molar refractivity (Wildman–Crippen MR) is 119 cm³/mol. The number of benzene rings is 2. The number of anilines is 2. The number of nitro groups is 1.